The van der Waals surface area contributed by atoms with Crippen LogP contribution in [0.25, 0.3) is 0 Å². The maximum atomic E-state index is 12.9. The van der Waals surface area contributed by atoms with Crippen molar-refractivity contribution in [3.63, 3.8) is 0 Å². The van der Waals surface area contributed by atoms with Crippen LogP contribution in [0.1, 0.15) is 16.7 Å². The van der Waals surface area contributed by atoms with Crippen molar-refractivity contribution in [3.8, 4) is 11.5 Å². The molecule has 0 aliphatic carbocycles. The van der Waals surface area contributed by atoms with Gasteiger partial charge in [-0.25, -0.2) is 16.8 Å². The summed E-state index contributed by atoms with van der Waals surface area (Å²) in [5, 5.41) is 0. The van der Waals surface area contributed by atoms with E-state index < -0.39 is 20.0 Å². The first-order valence-electron chi connectivity index (χ1n) is 9.92. The van der Waals surface area contributed by atoms with Gasteiger partial charge in [0.05, 0.1) is 29.7 Å². The molecule has 10 heteroatoms. The molecule has 3 aromatic rings. The fourth-order valence-electron chi connectivity index (χ4n) is 3.43. The van der Waals surface area contributed by atoms with Crippen molar-refractivity contribution in [1.29, 1.82) is 0 Å². The first-order chi connectivity index (χ1) is 15.5. The van der Waals surface area contributed by atoms with Gasteiger partial charge in [-0.3, -0.25) is 9.44 Å². The predicted molar refractivity (Wildman–Crippen MR) is 128 cm³/mol. The van der Waals surface area contributed by atoms with Gasteiger partial charge in [-0.2, -0.15) is 0 Å². The van der Waals surface area contributed by atoms with E-state index >= 15 is 0 Å². The van der Waals surface area contributed by atoms with E-state index in [9.17, 15) is 16.8 Å². The summed E-state index contributed by atoms with van der Waals surface area (Å²) in [7, 11) is -4.93. The Morgan fingerprint density at radius 1 is 0.636 bits per heavy atom. The lowest BCUT2D eigenvalue weighted by atomic mass is 10.1. The first kappa shape index (κ1) is 24.4. The molecule has 0 saturated heterocycles. The zero-order chi connectivity index (χ0) is 24.4. The maximum absolute atomic E-state index is 12.9. The van der Waals surface area contributed by atoms with Crippen LogP contribution in [0, 0.1) is 20.8 Å². The minimum Gasteiger partial charge on any atom is -0.493 e. The van der Waals surface area contributed by atoms with E-state index in [4.69, 9.17) is 9.47 Å². The molecule has 176 valence electrons. The van der Waals surface area contributed by atoms with E-state index in [1.165, 1.54) is 56.7 Å². The first-order valence-corrected chi connectivity index (χ1v) is 12.9. The maximum Gasteiger partial charge on any atom is 0.262 e. The largest absolute Gasteiger partial charge is 0.493 e. The van der Waals surface area contributed by atoms with Crippen LogP contribution in [0.5, 0.6) is 11.5 Å². The SMILES string of the molecule is COc1ccc(S(=O)(=O)Nc2ccc(S(=O)(=O)Nc3c(C)cc(C)cc3C)cc2)cc1OC. The number of ether oxygens (including phenoxy) is 2. The van der Waals surface area contributed by atoms with Crippen LogP contribution in [0.2, 0.25) is 0 Å². The lowest BCUT2D eigenvalue weighted by molar-refractivity contribution is 0.354. The highest BCUT2D eigenvalue weighted by Crippen LogP contribution is 2.30. The number of hydrogen-bond acceptors (Lipinski definition) is 6. The normalized spacial score (nSPS) is 11.7. The molecule has 0 fully saturated rings. The molecule has 0 aliphatic heterocycles. The second-order valence-electron chi connectivity index (χ2n) is 7.53. The molecule has 0 radical (unpaired) electrons. The number of benzene rings is 3. The molecule has 0 saturated carbocycles. The highest BCUT2D eigenvalue weighted by Gasteiger charge is 2.20. The van der Waals surface area contributed by atoms with Crippen LogP contribution in [-0.4, -0.2) is 31.1 Å². The smallest absolute Gasteiger partial charge is 0.262 e. The van der Waals surface area contributed by atoms with Crippen molar-refractivity contribution in [1.82, 2.24) is 0 Å². The number of anilines is 2. The summed E-state index contributed by atoms with van der Waals surface area (Å²) in [5.41, 5.74) is 3.41. The molecule has 33 heavy (non-hydrogen) atoms. The van der Waals surface area contributed by atoms with Gasteiger partial charge >= 0.3 is 0 Å². The minimum absolute atomic E-state index is 0.0101. The molecule has 0 unspecified atom stereocenters. The third-order valence-electron chi connectivity index (χ3n) is 5.00. The van der Waals surface area contributed by atoms with Crippen LogP contribution < -0.4 is 18.9 Å². The number of hydrogen-bond donors (Lipinski definition) is 2. The van der Waals surface area contributed by atoms with E-state index in [0.29, 0.717) is 11.4 Å². The van der Waals surface area contributed by atoms with Gasteiger partial charge in [-0.15, -0.1) is 0 Å². The van der Waals surface area contributed by atoms with E-state index in [-0.39, 0.29) is 21.2 Å². The van der Waals surface area contributed by atoms with E-state index in [1.807, 2.05) is 32.9 Å². The Hall–Kier alpha value is -3.24. The van der Waals surface area contributed by atoms with Crippen molar-refractivity contribution in [2.45, 2.75) is 30.6 Å². The molecule has 8 nitrogen and oxygen atoms in total. The summed E-state index contributed by atoms with van der Waals surface area (Å²) in [6.07, 6.45) is 0. The lowest BCUT2D eigenvalue weighted by Gasteiger charge is -2.15. The fourth-order valence-corrected chi connectivity index (χ4v) is 5.71. The number of sulfonamides is 2. The summed E-state index contributed by atoms with van der Waals surface area (Å²) in [5.74, 6) is 0.673. The second-order valence-corrected chi connectivity index (χ2v) is 10.9. The third-order valence-corrected chi connectivity index (χ3v) is 7.74. The number of methoxy groups -OCH3 is 2. The van der Waals surface area contributed by atoms with Gasteiger partial charge in [-0.05, 0) is 68.3 Å². The Morgan fingerprint density at radius 3 is 1.70 bits per heavy atom. The minimum atomic E-state index is -3.93. The van der Waals surface area contributed by atoms with Gasteiger partial charge < -0.3 is 9.47 Å². The highest BCUT2D eigenvalue weighted by molar-refractivity contribution is 7.93. The van der Waals surface area contributed by atoms with Crippen molar-refractivity contribution >= 4 is 31.4 Å². The fraction of sp³-hybridized carbons (Fsp3) is 0.217. The monoisotopic (exact) mass is 490 g/mol. The van der Waals surface area contributed by atoms with Crippen LogP contribution in [0.3, 0.4) is 0 Å². The average molecular weight is 491 g/mol. The molecule has 0 bridgehead atoms. The standard InChI is InChI=1S/C23H26N2O6S2/c1-15-12-16(2)23(17(3)13-15)25-32(26,27)19-8-6-18(7-9-19)24-33(28,29)20-10-11-21(30-4)22(14-20)31-5/h6-14,24-25H,1-5H3. The van der Waals surface area contributed by atoms with Gasteiger partial charge in [0, 0.05) is 11.8 Å². The molecule has 3 aromatic carbocycles. The van der Waals surface area contributed by atoms with Crippen LogP contribution in [0.4, 0.5) is 11.4 Å². The van der Waals surface area contributed by atoms with E-state index in [1.54, 1.807) is 0 Å². The molecule has 0 heterocycles. The molecule has 2 N–H and O–H groups in total. The van der Waals surface area contributed by atoms with Gasteiger partial charge in [-0.1, -0.05) is 17.7 Å². The van der Waals surface area contributed by atoms with Gasteiger partial charge in [0.2, 0.25) is 0 Å². The Labute approximate surface area is 194 Å². The van der Waals surface area contributed by atoms with Gasteiger partial charge in [0.25, 0.3) is 20.0 Å². The molecule has 0 atom stereocenters. The molecular formula is C23H26N2O6S2. The van der Waals surface area contributed by atoms with E-state index in [2.05, 4.69) is 9.44 Å². The Bertz CT molecular complexity index is 1360. The molecule has 0 amide bonds. The third kappa shape index (κ3) is 5.40. The van der Waals surface area contributed by atoms with Gasteiger partial charge in [0.15, 0.2) is 11.5 Å². The number of aryl methyl sites for hydroxylation is 3. The molecule has 3 rings (SSSR count). The molecule has 0 spiro atoms. The highest BCUT2D eigenvalue weighted by atomic mass is 32.2. The summed E-state index contributed by atoms with van der Waals surface area (Å²) in [6, 6.07) is 13.5. The summed E-state index contributed by atoms with van der Waals surface area (Å²) >= 11 is 0. The van der Waals surface area contributed by atoms with Crippen molar-refractivity contribution in [2.75, 3.05) is 23.7 Å². The Morgan fingerprint density at radius 2 is 1.15 bits per heavy atom. The topological polar surface area (TPSA) is 111 Å². The van der Waals surface area contributed by atoms with Crippen molar-refractivity contribution in [2.24, 2.45) is 0 Å². The zero-order valence-corrected chi connectivity index (χ0v) is 20.6. The number of nitrogens with one attached hydrogen (secondary N) is 2. The van der Waals surface area contributed by atoms with E-state index in [0.717, 1.165) is 16.7 Å². The van der Waals surface area contributed by atoms with Crippen LogP contribution >= 0.6 is 0 Å². The van der Waals surface area contributed by atoms with Crippen molar-refractivity contribution < 1.29 is 26.3 Å². The second kappa shape index (κ2) is 9.32. The summed E-state index contributed by atoms with van der Waals surface area (Å²) in [6.45, 7) is 5.62. The Balaban J connectivity index is 1.83. The van der Waals surface area contributed by atoms with Crippen molar-refractivity contribution in [3.05, 3.63) is 71.3 Å². The zero-order valence-electron chi connectivity index (χ0n) is 19.0. The molecule has 0 aliphatic rings. The quantitative estimate of drug-likeness (QED) is 0.489. The number of rotatable bonds is 8. The summed E-state index contributed by atoms with van der Waals surface area (Å²) in [4.78, 5) is -0.0141. The summed E-state index contributed by atoms with van der Waals surface area (Å²) < 4.78 is 66.6. The van der Waals surface area contributed by atoms with Gasteiger partial charge in [0.1, 0.15) is 0 Å². The van der Waals surface area contributed by atoms with Crippen LogP contribution in [-0.2, 0) is 20.0 Å². The predicted octanol–water partition coefficient (Wildman–Crippen LogP) is 4.23. The Kier molecular flexibility index (Phi) is 6.89. The lowest BCUT2D eigenvalue weighted by Crippen LogP contribution is -2.16. The molecular weight excluding hydrogens is 464 g/mol. The average Bonchev–Trinajstić information content (AvgIpc) is 2.75. The molecule has 0 aromatic heterocycles. The van der Waals surface area contributed by atoms with Crippen LogP contribution in [0.15, 0.2) is 64.4 Å².